The molecule has 10 heteroatoms. The van der Waals surface area contributed by atoms with Crippen molar-refractivity contribution in [3.05, 3.63) is 41.3 Å². The van der Waals surface area contributed by atoms with Gasteiger partial charge < -0.3 is 19.6 Å². The van der Waals surface area contributed by atoms with Gasteiger partial charge in [-0.2, -0.15) is 5.10 Å². The van der Waals surface area contributed by atoms with Gasteiger partial charge in [-0.25, -0.2) is 14.8 Å². The van der Waals surface area contributed by atoms with Crippen molar-refractivity contribution in [2.24, 2.45) is 0 Å². The van der Waals surface area contributed by atoms with E-state index in [1.165, 1.54) is 11.2 Å². The van der Waals surface area contributed by atoms with Gasteiger partial charge in [-0.1, -0.05) is 17.7 Å². The molecule has 162 valence electrons. The number of ether oxygens (including phenoxy) is 1. The van der Waals surface area contributed by atoms with E-state index in [9.17, 15) is 9.90 Å². The molecule has 2 aromatic heterocycles. The number of rotatable bonds is 1. The Morgan fingerprint density at radius 1 is 1.31 bits per heavy atom. The molecule has 1 saturated heterocycles. The third-order valence-corrected chi connectivity index (χ3v) is 6.72. The lowest BCUT2D eigenvalue weighted by molar-refractivity contribution is 0.127. The Hall–Kier alpha value is -3.59. The maximum absolute atomic E-state index is 11.5. The molecule has 2 aliphatic heterocycles. The first-order chi connectivity index (χ1) is 15.5. The van der Waals surface area contributed by atoms with Crippen molar-refractivity contribution < 1.29 is 14.6 Å². The molecule has 1 amide bonds. The lowest BCUT2D eigenvalue weighted by atomic mass is 9.95. The number of halogens is 1. The fourth-order valence-electron chi connectivity index (χ4n) is 4.80. The minimum atomic E-state index is -0.928. The Morgan fingerprint density at radius 2 is 2.19 bits per heavy atom. The Bertz CT molecular complexity index is 1400. The molecule has 0 unspecified atom stereocenters. The van der Waals surface area contributed by atoms with Crippen LogP contribution in [0.3, 0.4) is 0 Å². The van der Waals surface area contributed by atoms with Gasteiger partial charge in [0, 0.05) is 30.6 Å². The van der Waals surface area contributed by atoms with Crippen molar-refractivity contribution >= 4 is 45.3 Å². The van der Waals surface area contributed by atoms with Crippen LogP contribution in [-0.2, 0) is 0 Å². The molecule has 1 atom stereocenters. The van der Waals surface area contributed by atoms with Crippen molar-refractivity contribution in [3.63, 3.8) is 0 Å². The SMILES string of the molecule is Cc1ccc2[nH]ncc2c1-c1cc2ncnc3c2c(c1Cl)OC[C@H]1CN(C(=O)O)CCN31. The molecule has 0 aliphatic carbocycles. The third-order valence-electron chi connectivity index (χ3n) is 6.35. The Kier molecular flexibility index (Phi) is 4.16. The van der Waals surface area contributed by atoms with E-state index in [4.69, 9.17) is 16.3 Å². The van der Waals surface area contributed by atoms with Crippen LogP contribution in [0.15, 0.2) is 30.7 Å². The predicted octanol–water partition coefficient (Wildman–Crippen LogP) is 3.70. The minimum absolute atomic E-state index is 0.163. The number of piperazine rings is 1. The summed E-state index contributed by atoms with van der Waals surface area (Å²) in [5.74, 6) is 1.26. The Morgan fingerprint density at radius 3 is 3.03 bits per heavy atom. The van der Waals surface area contributed by atoms with Crippen molar-refractivity contribution in [1.82, 2.24) is 25.1 Å². The molecule has 1 fully saturated rings. The van der Waals surface area contributed by atoms with Gasteiger partial charge in [0.05, 0.1) is 33.7 Å². The molecule has 0 radical (unpaired) electrons. The second kappa shape index (κ2) is 6.96. The number of aromatic nitrogens is 4. The fraction of sp³-hybridized carbons (Fsp3) is 0.273. The molecule has 9 nitrogen and oxygen atoms in total. The monoisotopic (exact) mass is 450 g/mol. The van der Waals surface area contributed by atoms with Crippen molar-refractivity contribution in [2.45, 2.75) is 13.0 Å². The highest BCUT2D eigenvalue weighted by atomic mass is 35.5. The molecule has 4 heterocycles. The molecular weight excluding hydrogens is 432 g/mol. The zero-order chi connectivity index (χ0) is 22.0. The van der Waals surface area contributed by atoms with Gasteiger partial charge in [0.1, 0.15) is 18.8 Å². The molecule has 2 N–H and O–H groups in total. The second-order valence-corrected chi connectivity index (χ2v) is 8.51. The molecule has 4 aromatic rings. The number of H-pyrrole nitrogens is 1. The summed E-state index contributed by atoms with van der Waals surface area (Å²) in [6, 6.07) is 5.83. The van der Waals surface area contributed by atoms with Gasteiger partial charge in [-0.15, -0.1) is 0 Å². The zero-order valence-electron chi connectivity index (χ0n) is 17.2. The fourth-order valence-corrected chi connectivity index (χ4v) is 5.10. The standard InChI is InChI=1S/C22H19ClN6O3/c1-11-2-3-15-14(7-26-27-15)17(11)13-6-16-18-20(19(13)23)32-9-12-8-28(22(30)31)4-5-29(12)21(18)25-10-24-16/h2-3,6-7,10,12H,4-5,8-9H2,1H3,(H,26,27)(H,30,31)/t12-/m1/s1. The first kappa shape index (κ1) is 19.1. The average Bonchev–Trinajstić information content (AvgIpc) is 3.19. The maximum Gasteiger partial charge on any atom is 0.407 e. The summed E-state index contributed by atoms with van der Waals surface area (Å²) in [4.78, 5) is 24.1. The summed E-state index contributed by atoms with van der Waals surface area (Å²) in [5, 5.41) is 18.8. The normalized spacial score (nSPS) is 17.9. The van der Waals surface area contributed by atoms with Crippen LogP contribution >= 0.6 is 11.6 Å². The predicted molar refractivity (Wildman–Crippen MR) is 121 cm³/mol. The molecule has 2 aliphatic rings. The van der Waals surface area contributed by atoms with Crippen LogP contribution in [0.1, 0.15) is 5.56 Å². The van der Waals surface area contributed by atoms with Gasteiger partial charge in [0.15, 0.2) is 5.75 Å². The highest BCUT2D eigenvalue weighted by Gasteiger charge is 2.35. The molecule has 0 bridgehead atoms. The summed E-state index contributed by atoms with van der Waals surface area (Å²) in [7, 11) is 0. The molecule has 0 saturated carbocycles. The number of anilines is 1. The molecule has 6 rings (SSSR count). The van der Waals surface area contributed by atoms with Crippen LogP contribution in [0, 0.1) is 6.92 Å². The highest BCUT2D eigenvalue weighted by molar-refractivity contribution is 6.37. The number of aryl methyl sites for hydroxylation is 1. The second-order valence-electron chi connectivity index (χ2n) is 8.13. The average molecular weight is 451 g/mol. The van der Waals surface area contributed by atoms with Gasteiger partial charge in [0.2, 0.25) is 0 Å². The topological polar surface area (TPSA) is 107 Å². The summed E-state index contributed by atoms with van der Waals surface area (Å²) in [5.41, 5.74) is 4.50. The highest BCUT2D eigenvalue weighted by Crippen LogP contribution is 2.47. The largest absolute Gasteiger partial charge is 0.489 e. The molecule has 2 aromatic carbocycles. The van der Waals surface area contributed by atoms with Crippen LogP contribution in [0.2, 0.25) is 5.02 Å². The number of amides is 1. The van der Waals surface area contributed by atoms with E-state index >= 15 is 0 Å². The van der Waals surface area contributed by atoms with E-state index in [0.29, 0.717) is 37.0 Å². The summed E-state index contributed by atoms with van der Waals surface area (Å²) >= 11 is 6.98. The summed E-state index contributed by atoms with van der Waals surface area (Å²) in [6.45, 7) is 3.60. The van der Waals surface area contributed by atoms with E-state index in [-0.39, 0.29) is 6.04 Å². The van der Waals surface area contributed by atoms with E-state index in [2.05, 4.69) is 25.1 Å². The van der Waals surface area contributed by atoms with Crippen LogP contribution < -0.4 is 9.64 Å². The van der Waals surface area contributed by atoms with Crippen LogP contribution in [0.4, 0.5) is 10.6 Å². The zero-order valence-corrected chi connectivity index (χ0v) is 17.9. The van der Waals surface area contributed by atoms with Gasteiger partial charge in [0.25, 0.3) is 0 Å². The number of nitrogens with one attached hydrogen (secondary N) is 1. The minimum Gasteiger partial charge on any atom is -0.489 e. The third kappa shape index (κ3) is 2.70. The maximum atomic E-state index is 11.5. The smallest absolute Gasteiger partial charge is 0.407 e. The number of benzene rings is 2. The summed E-state index contributed by atoms with van der Waals surface area (Å²) < 4.78 is 6.25. The van der Waals surface area contributed by atoms with Gasteiger partial charge in [-0.3, -0.25) is 5.10 Å². The van der Waals surface area contributed by atoms with Crippen LogP contribution in [-0.4, -0.2) is 68.5 Å². The van der Waals surface area contributed by atoms with E-state index in [1.54, 1.807) is 6.20 Å². The Labute approximate surface area is 187 Å². The number of aromatic amines is 1. The van der Waals surface area contributed by atoms with Gasteiger partial charge in [-0.05, 0) is 30.2 Å². The van der Waals surface area contributed by atoms with E-state index < -0.39 is 6.09 Å². The lowest BCUT2D eigenvalue weighted by Gasteiger charge is -2.39. The number of fused-ring (bicyclic) bond motifs is 3. The number of nitrogens with zero attached hydrogens (tertiary/aromatic N) is 5. The summed E-state index contributed by atoms with van der Waals surface area (Å²) in [6.07, 6.45) is 2.41. The van der Waals surface area contributed by atoms with Crippen molar-refractivity contribution in [2.75, 3.05) is 31.1 Å². The van der Waals surface area contributed by atoms with E-state index in [1.807, 2.05) is 25.1 Å². The first-order valence-electron chi connectivity index (χ1n) is 10.3. The van der Waals surface area contributed by atoms with E-state index in [0.717, 1.165) is 44.3 Å². The molecule has 0 spiro atoms. The van der Waals surface area contributed by atoms with Crippen molar-refractivity contribution in [3.8, 4) is 16.9 Å². The number of carboxylic acid groups (broad SMARTS) is 1. The molecular formula is C22H19ClN6O3. The number of carbonyl (C=O) groups is 1. The number of hydrogen-bond acceptors (Lipinski definition) is 6. The lowest BCUT2D eigenvalue weighted by Crippen LogP contribution is -2.56. The Balaban J connectivity index is 1.57. The number of hydrogen-bond donors (Lipinski definition) is 2. The first-order valence-corrected chi connectivity index (χ1v) is 10.7. The van der Waals surface area contributed by atoms with Crippen LogP contribution in [0.25, 0.3) is 32.9 Å². The van der Waals surface area contributed by atoms with Gasteiger partial charge >= 0.3 is 6.09 Å². The van der Waals surface area contributed by atoms with Crippen LogP contribution in [0.5, 0.6) is 5.75 Å². The molecule has 32 heavy (non-hydrogen) atoms. The quantitative estimate of drug-likeness (QED) is 0.455. The van der Waals surface area contributed by atoms with Crippen molar-refractivity contribution in [1.29, 1.82) is 0 Å².